The second-order valence-electron chi connectivity index (χ2n) is 7.30. The van der Waals surface area contributed by atoms with Crippen LogP contribution < -0.4 is 0 Å². The number of carbonyl (C=O) groups is 1. The van der Waals surface area contributed by atoms with E-state index in [1.54, 1.807) is 0 Å². The van der Waals surface area contributed by atoms with E-state index in [0.29, 0.717) is 19.4 Å². The van der Waals surface area contributed by atoms with E-state index in [0.717, 1.165) is 34.2 Å². The smallest absolute Gasteiger partial charge is 0.303 e. The highest BCUT2D eigenvalue weighted by Gasteiger charge is 2.45. The van der Waals surface area contributed by atoms with Crippen molar-refractivity contribution in [3.05, 3.63) is 27.3 Å². The molecule has 1 aromatic carbocycles. The standard InChI is InChI=1S/C19H26INO5S/c1-14-19(2,10-5-3-4-7-18(22)23)16-13-15(20)8-9-17(16)21(14)11-6-12-27(24,25)26/h8-9,13H,3-7,10-12H2,1-2H3,(H-,22,23,24,25,26). The Hall–Kier alpha value is -1.00. The van der Waals surface area contributed by atoms with Gasteiger partial charge in [-0.15, -0.1) is 0 Å². The Kier molecular flexibility index (Phi) is 7.43. The van der Waals surface area contributed by atoms with Crippen molar-refractivity contribution in [2.24, 2.45) is 0 Å². The second-order valence-corrected chi connectivity index (χ2v) is 10.1. The van der Waals surface area contributed by atoms with Gasteiger partial charge in [0.15, 0.2) is 5.71 Å². The number of hydrogen-bond acceptors (Lipinski definition) is 4. The maximum absolute atomic E-state index is 10.9. The first kappa shape index (κ1) is 22.3. The molecule has 0 amide bonds. The number of carboxylic acid groups (broad SMARTS) is 1. The van der Waals surface area contributed by atoms with Crippen LogP contribution in [0.5, 0.6) is 0 Å². The van der Waals surface area contributed by atoms with Gasteiger partial charge in [0.25, 0.3) is 0 Å². The molecule has 1 aromatic rings. The lowest BCUT2D eigenvalue weighted by Gasteiger charge is -2.22. The Balaban J connectivity index is 2.19. The SMILES string of the molecule is CC1=[N+](CCCS(=O)(=O)[O-])c2ccc(I)cc2C1(C)CCCCCC(=O)O. The minimum Gasteiger partial charge on any atom is -0.748 e. The van der Waals surface area contributed by atoms with Gasteiger partial charge in [0.1, 0.15) is 6.54 Å². The maximum Gasteiger partial charge on any atom is 0.303 e. The van der Waals surface area contributed by atoms with Crippen molar-refractivity contribution in [1.29, 1.82) is 0 Å². The van der Waals surface area contributed by atoms with Crippen LogP contribution in [0.1, 0.15) is 57.9 Å². The number of benzene rings is 1. The summed E-state index contributed by atoms with van der Waals surface area (Å²) in [4.78, 5) is 10.7. The average molecular weight is 507 g/mol. The molecule has 1 unspecified atom stereocenters. The minimum absolute atomic E-state index is 0.171. The summed E-state index contributed by atoms with van der Waals surface area (Å²) in [6.45, 7) is 4.75. The number of aliphatic carboxylic acids is 1. The Bertz CT molecular complexity index is 850. The number of halogens is 1. The molecule has 0 aliphatic carbocycles. The van der Waals surface area contributed by atoms with E-state index in [1.807, 2.05) is 6.07 Å². The number of fused-ring (bicyclic) bond motifs is 1. The van der Waals surface area contributed by atoms with Gasteiger partial charge in [0.05, 0.1) is 15.5 Å². The lowest BCUT2D eigenvalue weighted by atomic mass is 9.76. The summed E-state index contributed by atoms with van der Waals surface area (Å²) >= 11 is 2.29. The van der Waals surface area contributed by atoms with Crippen molar-refractivity contribution in [1.82, 2.24) is 0 Å². The summed E-state index contributed by atoms with van der Waals surface area (Å²) in [5.41, 5.74) is 3.27. The molecule has 1 heterocycles. The normalized spacial score (nSPS) is 19.4. The zero-order chi connectivity index (χ0) is 20.2. The van der Waals surface area contributed by atoms with E-state index in [2.05, 4.69) is 53.1 Å². The summed E-state index contributed by atoms with van der Waals surface area (Å²) < 4.78 is 36.1. The van der Waals surface area contributed by atoms with Gasteiger partial charge in [-0.2, -0.15) is 4.58 Å². The molecule has 1 aliphatic heterocycles. The maximum atomic E-state index is 10.9. The van der Waals surface area contributed by atoms with Crippen molar-refractivity contribution < 1.29 is 27.4 Å². The molecule has 1 atom stereocenters. The van der Waals surface area contributed by atoms with Gasteiger partial charge in [-0.3, -0.25) is 4.79 Å². The number of unbranched alkanes of at least 4 members (excludes halogenated alkanes) is 2. The zero-order valence-electron chi connectivity index (χ0n) is 15.7. The van der Waals surface area contributed by atoms with E-state index < -0.39 is 16.1 Å². The van der Waals surface area contributed by atoms with Gasteiger partial charge in [-0.25, -0.2) is 8.42 Å². The van der Waals surface area contributed by atoms with Crippen LogP contribution in [0.4, 0.5) is 5.69 Å². The van der Waals surface area contributed by atoms with Gasteiger partial charge in [-0.1, -0.05) is 12.8 Å². The number of carboxylic acids is 1. The molecule has 1 aliphatic rings. The summed E-state index contributed by atoms with van der Waals surface area (Å²) in [6.07, 6.45) is 3.86. The Morgan fingerprint density at radius 1 is 1.26 bits per heavy atom. The van der Waals surface area contributed by atoms with Crippen molar-refractivity contribution in [2.75, 3.05) is 12.3 Å². The number of hydrogen-bond donors (Lipinski definition) is 1. The molecule has 1 N–H and O–H groups in total. The topological polar surface area (TPSA) is 97.5 Å². The molecule has 0 saturated heterocycles. The summed E-state index contributed by atoms with van der Waals surface area (Å²) in [7, 11) is -4.21. The fourth-order valence-electron chi connectivity index (χ4n) is 3.79. The van der Waals surface area contributed by atoms with E-state index in [4.69, 9.17) is 5.11 Å². The van der Waals surface area contributed by atoms with Gasteiger partial charge < -0.3 is 9.66 Å². The molecular formula is C19H26INO5S. The molecule has 0 fully saturated rings. The van der Waals surface area contributed by atoms with Crippen LogP contribution in [0.3, 0.4) is 0 Å². The Labute approximate surface area is 174 Å². The summed E-state index contributed by atoms with van der Waals surface area (Å²) in [5, 5.41) is 8.78. The van der Waals surface area contributed by atoms with Crippen LogP contribution in [0.15, 0.2) is 18.2 Å². The summed E-state index contributed by atoms with van der Waals surface area (Å²) in [6, 6.07) is 6.26. The first-order valence-electron chi connectivity index (χ1n) is 9.11. The lowest BCUT2D eigenvalue weighted by Crippen LogP contribution is -2.30. The number of nitrogens with zero attached hydrogens (tertiary/aromatic N) is 1. The molecule has 0 bridgehead atoms. The van der Waals surface area contributed by atoms with Crippen LogP contribution in [-0.4, -0.2) is 46.6 Å². The number of rotatable bonds is 10. The fraction of sp³-hybridized carbons (Fsp3) is 0.579. The highest BCUT2D eigenvalue weighted by molar-refractivity contribution is 14.1. The third-order valence-electron chi connectivity index (χ3n) is 5.39. The highest BCUT2D eigenvalue weighted by Crippen LogP contribution is 2.43. The van der Waals surface area contributed by atoms with Crippen molar-refractivity contribution >= 4 is 50.1 Å². The largest absolute Gasteiger partial charge is 0.748 e. The molecule has 8 heteroatoms. The first-order chi connectivity index (χ1) is 12.5. The monoisotopic (exact) mass is 507 g/mol. The molecule has 6 nitrogen and oxygen atoms in total. The average Bonchev–Trinajstić information content (AvgIpc) is 2.75. The predicted octanol–water partition coefficient (Wildman–Crippen LogP) is 3.64. The van der Waals surface area contributed by atoms with Crippen LogP contribution >= 0.6 is 22.6 Å². The molecule has 27 heavy (non-hydrogen) atoms. The van der Waals surface area contributed by atoms with E-state index in [1.165, 1.54) is 5.56 Å². The van der Waals surface area contributed by atoms with Crippen LogP contribution in [-0.2, 0) is 20.3 Å². The molecule has 0 radical (unpaired) electrons. The molecule has 0 aromatic heterocycles. The summed E-state index contributed by atoms with van der Waals surface area (Å²) in [5.74, 6) is -1.12. The fourth-order valence-corrected chi connectivity index (χ4v) is 4.77. The molecular weight excluding hydrogens is 481 g/mol. The lowest BCUT2D eigenvalue weighted by molar-refractivity contribution is -0.438. The van der Waals surface area contributed by atoms with Gasteiger partial charge in [-0.05, 0) is 54.5 Å². The van der Waals surface area contributed by atoms with E-state index >= 15 is 0 Å². The van der Waals surface area contributed by atoms with Gasteiger partial charge in [0.2, 0.25) is 5.69 Å². The predicted molar refractivity (Wildman–Crippen MR) is 112 cm³/mol. The van der Waals surface area contributed by atoms with Crippen molar-refractivity contribution in [3.63, 3.8) is 0 Å². The van der Waals surface area contributed by atoms with Crippen LogP contribution in [0, 0.1) is 3.57 Å². The van der Waals surface area contributed by atoms with Crippen LogP contribution in [0.2, 0.25) is 0 Å². The van der Waals surface area contributed by atoms with Crippen LogP contribution in [0.25, 0.3) is 0 Å². The molecule has 0 saturated carbocycles. The molecule has 150 valence electrons. The Morgan fingerprint density at radius 3 is 2.59 bits per heavy atom. The highest BCUT2D eigenvalue weighted by atomic mass is 127. The van der Waals surface area contributed by atoms with Gasteiger partial charge in [0, 0.05) is 40.7 Å². The van der Waals surface area contributed by atoms with Crippen molar-refractivity contribution in [2.45, 2.75) is 57.8 Å². The zero-order valence-corrected chi connectivity index (χ0v) is 18.7. The molecule has 2 rings (SSSR count). The second kappa shape index (κ2) is 9.00. The Morgan fingerprint density at radius 2 is 1.96 bits per heavy atom. The first-order valence-corrected chi connectivity index (χ1v) is 11.8. The van der Waals surface area contributed by atoms with Crippen molar-refractivity contribution in [3.8, 4) is 0 Å². The quantitative estimate of drug-likeness (QED) is 0.226. The third kappa shape index (κ3) is 5.74. The van der Waals surface area contributed by atoms with E-state index in [-0.39, 0.29) is 17.6 Å². The van der Waals surface area contributed by atoms with Gasteiger partial charge >= 0.3 is 5.97 Å². The third-order valence-corrected chi connectivity index (χ3v) is 6.85. The van der Waals surface area contributed by atoms with E-state index in [9.17, 15) is 17.8 Å². The molecule has 0 spiro atoms. The minimum atomic E-state index is -4.21.